The molecule has 0 aliphatic rings. The van der Waals surface area contributed by atoms with Crippen LogP contribution in [0.2, 0.25) is 5.15 Å². The molecule has 0 aliphatic carbocycles. The fourth-order valence-electron chi connectivity index (χ4n) is 2.52. The predicted octanol–water partition coefficient (Wildman–Crippen LogP) is 2.90. The van der Waals surface area contributed by atoms with Gasteiger partial charge in [-0.15, -0.1) is 0 Å². The lowest BCUT2D eigenvalue weighted by molar-refractivity contribution is 0.843. The van der Waals surface area contributed by atoms with Gasteiger partial charge >= 0.3 is 0 Å². The number of hydrogen-bond acceptors (Lipinski definition) is 3. The Labute approximate surface area is 132 Å². The number of imidazole rings is 1. The minimum absolute atomic E-state index is 0.0569. The number of aromatic nitrogens is 4. The van der Waals surface area contributed by atoms with Crippen molar-refractivity contribution in [2.75, 3.05) is 0 Å². The monoisotopic (exact) mass is 314 g/mol. The van der Waals surface area contributed by atoms with E-state index in [0.717, 1.165) is 28.5 Å². The predicted molar refractivity (Wildman–Crippen MR) is 86.5 cm³/mol. The lowest BCUT2D eigenvalue weighted by Crippen LogP contribution is -2.16. The lowest BCUT2D eigenvalue weighted by atomic mass is 10.1. The summed E-state index contributed by atoms with van der Waals surface area (Å²) in [6.45, 7) is 3.89. The summed E-state index contributed by atoms with van der Waals surface area (Å²) in [4.78, 5) is 20.5. The quantitative estimate of drug-likeness (QED) is 0.683. The summed E-state index contributed by atoms with van der Waals surface area (Å²) in [5.41, 5.74) is 3.44. The van der Waals surface area contributed by atoms with E-state index < -0.39 is 0 Å². The molecule has 0 unspecified atom stereocenters. The molecule has 22 heavy (non-hydrogen) atoms. The van der Waals surface area contributed by atoms with Gasteiger partial charge < -0.3 is 9.13 Å². The van der Waals surface area contributed by atoms with E-state index >= 15 is 0 Å². The molecule has 0 N–H and O–H groups in total. The van der Waals surface area contributed by atoms with Crippen LogP contribution in [0.3, 0.4) is 0 Å². The Morgan fingerprint density at radius 2 is 1.95 bits per heavy atom. The van der Waals surface area contributed by atoms with Gasteiger partial charge in [0.15, 0.2) is 0 Å². The molecule has 0 aliphatic heterocycles. The molecule has 0 amide bonds. The van der Waals surface area contributed by atoms with Crippen LogP contribution in [0.4, 0.5) is 0 Å². The van der Waals surface area contributed by atoms with Crippen molar-refractivity contribution in [3.05, 3.63) is 63.7 Å². The Morgan fingerprint density at radius 1 is 1.18 bits per heavy atom. The van der Waals surface area contributed by atoms with Crippen LogP contribution in [-0.2, 0) is 7.05 Å². The molecule has 0 atom stereocenters. The topological polar surface area (TPSA) is 52.7 Å². The molecule has 3 aromatic heterocycles. The van der Waals surface area contributed by atoms with Crippen molar-refractivity contribution in [3.63, 3.8) is 0 Å². The van der Waals surface area contributed by atoms with Crippen molar-refractivity contribution < 1.29 is 0 Å². The van der Waals surface area contributed by atoms with Gasteiger partial charge in [0.1, 0.15) is 11.0 Å². The van der Waals surface area contributed by atoms with E-state index in [9.17, 15) is 4.79 Å². The van der Waals surface area contributed by atoms with Crippen molar-refractivity contribution in [2.24, 2.45) is 7.05 Å². The molecule has 0 saturated carbocycles. The number of halogens is 1. The summed E-state index contributed by atoms with van der Waals surface area (Å²) in [6.07, 6.45) is 3.41. The SMILES string of the molecule is Cc1nc(-c2ccnc(Cl)c2)c(C)n1-c1ccn(C)c(=O)c1. The molecule has 6 heteroatoms. The first-order valence-electron chi connectivity index (χ1n) is 6.82. The van der Waals surface area contributed by atoms with Crippen LogP contribution in [-0.4, -0.2) is 19.1 Å². The van der Waals surface area contributed by atoms with Crippen molar-refractivity contribution in [2.45, 2.75) is 13.8 Å². The van der Waals surface area contributed by atoms with Crippen molar-refractivity contribution in [3.8, 4) is 16.9 Å². The van der Waals surface area contributed by atoms with Gasteiger partial charge in [-0.05, 0) is 32.0 Å². The molecule has 3 rings (SSSR count). The van der Waals surface area contributed by atoms with Gasteiger partial charge in [-0.25, -0.2) is 9.97 Å². The van der Waals surface area contributed by atoms with Crippen LogP contribution in [0.25, 0.3) is 16.9 Å². The first kappa shape index (κ1) is 14.5. The maximum atomic E-state index is 11.9. The third kappa shape index (κ3) is 2.44. The van der Waals surface area contributed by atoms with E-state index in [0.29, 0.717) is 5.15 Å². The second-order valence-corrected chi connectivity index (χ2v) is 5.52. The Bertz CT molecular complexity index is 911. The average Bonchev–Trinajstić information content (AvgIpc) is 2.77. The van der Waals surface area contributed by atoms with E-state index in [4.69, 9.17) is 11.6 Å². The molecule has 112 valence electrons. The smallest absolute Gasteiger partial charge is 0.252 e. The fourth-order valence-corrected chi connectivity index (χ4v) is 2.70. The molecule has 5 nitrogen and oxygen atoms in total. The summed E-state index contributed by atoms with van der Waals surface area (Å²) in [5.74, 6) is 0.814. The summed E-state index contributed by atoms with van der Waals surface area (Å²) in [6, 6.07) is 7.15. The zero-order valence-electron chi connectivity index (χ0n) is 12.5. The second kappa shape index (κ2) is 5.42. The third-order valence-electron chi connectivity index (χ3n) is 3.62. The molecule has 3 heterocycles. The molecule has 0 bridgehead atoms. The number of rotatable bonds is 2. The van der Waals surface area contributed by atoms with Crippen molar-refractivity contribution >= 4 is 11.6 Å². The van der Waals surface area contributed by atoms with E-state index in [2.05, 4.69) is 9.97 Å². The molecule has 0 saturated heterocycles. The molecule has 0 fully saturated rings. The maximum Gasteiger partial charge on any atom is 0.252 e. The molecule has 0 spiro atoms. The zero-order valence-corrected chi connectivity index (χ0v) is 13.3. The van der Waals surface area contributed by atoms with Crippen LogP contribution >= 0.6 is 11.6 Å². The Morgan fingerprint density at radius 3 is 2.64 bits per heavy atom. The lowest BCUT2D eigenvalue weighted by Gasteiger charge is -2.08. The van der Waals surface area contributed by atoms with E-state index in [1.54, 1.807) is 31.6 Å². The minimum atomic E-state index is -0.0569. The minimum Gasteiger partial charge on any atom is -0.318 e. The van der Waals surface area contributed by atoms with Crippen LogP contribution in [0.1, 0.15) is 11.5 Å². The number of nitrogens with zero attached hydrogens (tertiary/aromatic N) is 4. The zero-order chi connectivity index (χ0) is 15.9. The summed E-state index contributed by atoms with van der Waals surface area (Å²) >= 11 is 5.96. The molecule has 0 aromatic carbocycles. The van der Waals surface area contributed by atoms with Crippen LogP contribution in [0, 0.1) is 13.8 Å². The van der Waals surface area contributed by atoms with E-state index in [1.807, 2.05) is 30.5 Å². The van der Waals surface area contributed by atoms with Crippen LogP contribution in [0.5, 0.6) is 0 Å². The van der Waals surface area contributed by atoms with E-state index in [-0.39, 0.29) is 5.56 Å². The van der Waals surface area contributed by atoms with Gasteiger partial charge in [0.2, 0.25) is 0 Å². The third-order valence-corrected chi connectivity index (χ3v) is 3.83. The molecular formula is C16H15ClN4O. The average molecular weight is 315 g/mol. The highest BCUT2D eigenvalue weighted by Crippen LogP contribution is 2.26. The van der Waals surface area contributed by atoms with Gasteiger partial charge in [-0.3, -0.25) is 4.79 Å². The largest absolute Gasteiger partial charge is 0.318 e. The summed E-state index contributed by atoms with van der Waals surface area (Å²) < 4.78 is 3.50. The van der Waals surface area contributed by atoms with Crippen molar-refractivity contribution in [1.29, 1.82) is 0 Å². The van der Waals surface area contributed by atoms with Gasteiger partial charge in [0, 0.05) is 36.8 Å². The molecule has 0 radical (unpaired) electrons. The van der Waals surface area contributed by atoms with Crippen LogP contribution < -0.4 is 5.56 Å². The highest BCUT2D eigenvalue weighted by Gasteiger charge is 2.14. The highest BCUT2D eigenvalue weighted by atomic mass is 35.5. The number of pyridine rings is 2. The summed E-state index contributed by atoms with van der Waals surface area (Å²) in [5, 5.41) is 0.428. The van der Waals surface area contributed by atoms with E-state index in [1.165, 1.54) is 4.57 Å². The van der Waals surface area contributed by atoms with Gasteiger partial charge in [-0.1, -0.05) is 11.6 Å². The maximum absolute atomic E-state index is 11.9. The Hall–Kier alpha value is -2.40. The van der Waals surface area contributed by atoms with Gasteiger partial charge in [-0.2, -0.15) is 0 Å². The Balaban J connectivity index is 2.18. The van der Waals surface area contributed by atoms with Crippen LogP contribution in [0.15, 0.2) is 41.5 Å². The first-order valence-corrected chi connectivity index (χ1v) is 7.20. The fraction of sp³-hybridized carbons (Fsp3) is 0.188. The molecule has 3 aromatic rings. The number of hydrogen-bond donors (Lipinski definition) is 0. The number of aryl methyl sites for hydroxylation is 2. The molecular weight excluding hydrogens is 300 g/mol. The van der Waals surface area contributed by atoms with Gasteiger partial charge in [0.25, 0.3) is 5.56 Å². The highest BCUT2D eigenvalue weighted by molar-refractivity contribution is 6.29. The Kier molecular flexibility index (Phi) is 3.58. The van der Waals surface area contributed by atoms with Crippen molar-refractivity contribution in [1.82, 2.24) is 19.1 Å². The second-order valence-electron chi connectivity index (χ2n) is 5.13. The summed E-state index contributed by atoms with van der Waals surface area (Å²) in [7, 11) is 1.73. The normalized spacial score (nSPS) is 10.9. The first-order chi connectivity index (χ1) is 10.5. The van der Waals surface area contributed by atoms with Gasteiger partial charge in [0.05, 0.1) is 11.4 Å². The standard InChI is InChI=1S/C16H15ClN4O/c1-10-16(12-4-6-18-14(17)8-12)19-11(2)21(10)13-5-7-20(3)15(22)9-13/h4-9H,1-3H3.